The van der Waals surface area contributed by atoms with Gasteiger partial charge in [-0.15, -0.1) is 0 Å². The maximum Gasteiger partial charge on any atom is 0.234 e. The Morgan fingerprint density at radius 2 is 2.30 bits per heavy atom. The lowest BCUT2D eigenvalue weighted by molar-refractivity contribution is -0.134. The summed E-state index contributed by atoms with van der Waals surface area (Å²) in [6, 6.07) is 1.72. The van der Waals surface area contributed by atoms with Crippen molar-refractivity contribution >= 4 is 22.7 Å². The molecule has 1 saturated heterocycles. The highest BCUT2D eigenvalue weighted by Crippen LogP contribution is 2.31. The number of nitrogens with zero attached hydrogens (tertiary/aromatic N) is 3. The van der Waals surface area contributed by atoms with Crippen LogP contribution in [-0.2, 0) is 15.8 Å². The molecule has 0 aromatic carbocycles. The molecule has 1 aromatic heterocycles. The molecule has 1 fully saturated rings. The molecule has 0 saturated carbocycles. The van der Waals surface area contributed by atoms with E-state index >= 15 is 0 Å². The van der Waals surface area contributed by atoms with E-state index in [0.717, 1.165) is 18.5 Å². The van der Waals surface area contributed by atoms with E-state index in [9.17, 15) is 9.00 Å². The van der Waals surface area contributed by atoms with Crippen LogP contribution in [0, 0.1) is 12.8 Å². The zero-order valence-electron chi connectivity index (χ0n) is 13.6. The number of rotatable bonds is 4. The summed E-state index contributed by atoms with van der Waals surface area (Å²) in [4.78, 5) is 19.3. The largest absolute Gasteiger partial charge is 0.360 e. The highest BCUT2D eigenvalue weighted by Gasteiger charge is 2.40. The van der Waals surface area contributed by atoms with Gasteiger partial charge in [-0.05, 0) is 25.7 Å². The molecule has 1 N–H and O–H groups in total. The molecule has 2 aliphatic rings. The van der Waals surface area contributed by atoms with E-state index in [0.29, 0.717) is 18.1 Å². The van der Waals surface area contributed by atoms with Crippen molar-refractivity contribution in [2.24, 2.45) is 10.9 Å². The van der Waals surface area contributed by atoms with Crippen molar-refractivity contribution in [3.63, 3.8) is 0 Å². The number of nitrogens with one attached hydrogen (secondary N) is 1. The van der Waals surface area contributed by atoms with E-state index < -0.39 is 11.0 Å². The second kappa shape index (κ2) is 6.43. The highest BCUT2D eigenvalue weighted by molar-refractivity contribution is 7.83. The van der Waals surface area contributed by atoms with Crippen LogP contribution in [0.3, 0.4) is 0 Å². The van der Waals surface area contributed by atoms with Gasteiger partial charge in [0.05, 0.1) is 11.7 Å². The third-order valence-electron chi connectivity index (χ3n) is 4.31. The fourth-order valence-corrected chi connectivity index (χ4v) is 4.00. The van der Waals surface area contributed by atoms with Crippen LogP contribution in [0.25, 0.3) is 0 Å². The Hall–Kier alpha value is -1.70. The Labute approximate surface area is 138 Å². The average Bonchev–Trinajstić information content (AvgIpc) is 3.19. The van der Waals surface area contributed by atoms with Crippen molar-refractivity contribution in [3.8, 4) is 0 Å². The number of hydrogen-bond acceptors (Lipinski definition) is 5. The molecule has 0 radical (unpaired) electrons. The van der Waals surface area contributed by atoms with Gasteiger partial charge in [0.15, 0.2) is 0 Å². The lowest BCUT2D eigenvalue weighted by Crippen LogP contribution is -2.47. The predicted octanol–water partition coefficient (Wildman–Crippen LogP) is 1.34. The van der Waals surface area contributed by atoms with Crippen molar-refractivity contribution in [2.75, 3.05) is 12.4 Å². The maximum atomic E-state index is 13.1. The normalized spacial score (nSPS) is 25.6. The van der Waals surface area contributed by atoms with Crippen LogP contribution >= 0.6 is 0 Å². The van der Waals surface area contributed by atoms with Crippen LogP contribution in [0.2, 0.25) is 0 Å². The molecule has 3 atom stereocenters. The molecule has 7 nitrogen and oxygen atoms in total. The van der Waals surface area contributed by atoms with Gasteiger partial charge in [0.2, 0.25) is 5.91 Å². The van der Waals surface area contributed by atoms with Gasteiger partial charge in [-0.1, -0.05) is 19.0 Å². The molecule has 126 valence electrons. The predicted molar refractivity (Wildman–Crippen MR) is 87.1 cm³/mol. The van der Waals surface area contributed by atoms with E-state index in [-0.39, 0.29) is 29.7 Å². The quantitative estimate of drug-likeness (QED) is 0.897. The first-order valence-corrected chi connectivity index (χ1v) is 9.22. The molecule has 0 aliphatic carbocycles. The number of likely N-dealkylation sites (tertiary alicyclic amines) is 1. The van der Waals surface area contributed by atoms with Gasteiger partial charge in [0.1, 0.15) is 34.4 Å². The number of aliphatic imine (C=N–C) groups is 1. The fraction of sp³-hybridized carbons (Fsp3) is 0.667. The standard InChI is InChI=1S/C15H22N4O3S/c1-9(2)13(12-7-10(3)17-22-12)15(20)19-6-4-5-11(19)14-16-8-23(21)18-14/h7,9,11,13H,4-6,8H2,1-3H3,(H,16,18). The van der Waals surface area contributed by atoms with Gasteiger partial charge in [0, 0.05) is 12.6 Å². The Morgan fingerprint density at radius 3 is 2.87 bits per heavy atom. The van der Waals surface area contributed by atoms with Crippen LogP contribution in [0.4, 0.5) is 0 Å². The topological polar surface area (TPSA) is 87.8 Å². The molecular weight excluding hydrogens is 316 g/mol. The number of amidine groups is 1. The number of carbonyl (C=O) groups excluding carboxylic acids is 1. The monoisotopic (exact) mass is 338 g/mol. The third kappa shape index (κ3) is 3.17. The molecule has 1 amide bonds. The van der Waals surface area contributed by atoms with Crippen LogP contribution < -0.4 is 4.72 Å². The zero-order valence-corrected chi connectivity index (χ0v) is 14.4. The van der Waals surface area contributed by atoms with Crippen LogP contribution in [0.5, 0.6) is 0 Å². The summed E-state index contributed by atoms with van der Waals surface area (Å²) in [7, 11) is -1.15. The minimum atomic E-state index is -1.15. The van der Waals surface area contributed by atoms with E-state index in [1.54, 1.807) is 0 Å². The van der Waals surface area contributed by atoms with Gasteiger partial charge < -0.3 is 9.42 Å². The van der Waals surface area contributed by atoms with Gasteiger partial charge in [-0.25, -0.2) is 4.21 Å². The summed E-state index contributed by atoms with van der Waals surface area (Å²) in [5.74, 6) is 1.32. The second-order valence-electron chi connectivity index (χ2n) is 6.40. The third-order valence-corrected chi connectivity index (χ3v) is 5.11. The van der Waals surface area contributed by atoms with Gasteiger partial charge in [-0.2, -0.15) is 0 Å². The lowest BCUT2D eigenvalue weighted by atomic mass is 9.91. The maximum absolute atomic E-state index is 13.1. The Balaban J connectivity index is 1.83. The summed E-state index contributed by atoms with van der Waals surface area (Å²) in [6.45, 7) is 6.55. The first-order chi connectivity index (χ1) is 11.0. The number of aryl methyl sites for hydroxylation is 1. The summed E-state index contributed by atoms with van der Waals surface area (Å²) >= 11 is 0. The molecule has 2 aliphatic heterocycles. The molecule has 8 heteroatoms. The molecular formula is C15H22N4O3S. The molecule has 0 bridgehead atoms. The van der Waals surface area contributed by atoms with E-state index in [1.807, 2.05) is 31.7 Å². The van der Waals surface area contributed by atoms with Gasteiger partial charge >= 0.3 is 0 Å². The number of hydrogen-bond donors (Lipinski definition) is 1. The minimum Gasteiger partial charge on any atom is -0.360 e. The lowest BCUT2D eigenvalue weighted by Gasteiger charge is -2.29. The Kier molecular flexibility index (Phi) is 4.52. The van der Waals surface area contributed by atoms with E-state index in [4.69, 9.17) is 4.52 Å². The van der Waals surface area contributed by atoms with E-state index in [1.165, 1.54) is 0 Å². The number of aromatic nitrogens is 1. The minimum absolute atomic E-state index is 0.0285. The fourth-order valence-electron chi connectivity index (χ4n) is 3.24. The van der Waals surface area contributed by atoms with Crippen LogP contribution in [0.15, 0.2) is 15.6 Å². The van der Waals surface area contributed by atoms with Crippen molar-refractivity contribution in [1.82, 2.24) is 14.8 Å². The summed E-state index contributed by atoms with van der Waals surface area (Å²) in [6.07, 6.45) is 1.76. The van der Waals surface area contributed by atoms with Crippen molar-refractivity contribution in [3.05, 3.63) is 17.5 Å². The van der Waals surface area contributed by atoms with E-state index in [2.05, 4.69) is 14.9 Å². The summed E-state index contributed by atoms with van der Waals surface area (Å²) in [5, 5.41) is 3.91. The SMILES string of the molecule is Cc1cc(C(C(=O)N2CCCC2C2=NCS(=O)N2)C(C)C)on1. The van der Waals surface area contributed by atoms with Crippen molar-refractivity contribution < 1.29 is 13.5 Å². The van der Waals surface area contributed by atoms with Crippen molar-refractivity contribution in [2.45, 2.75) is 45.6 Å². The molecule has 3 unspecified atom stereocenters. The number of amides is 1. The molecule has 3 rings (SSSR count). The molecule has 3 heterocycles. The summed E-state index contributed by atoms with van der Waals surface area (Å²) < 4.78 is 19.8. The Morgan fingerprint density at radius 1 is 1.52 bits per heavy atom. The van der Waals surface area contributed by atoms with Crippen molar-refractivity contribution in [1.29, 1.82) is 0 Å². The smallest absolute Gasteiger partial charge is 0.234 e. The first kappa shape index (κ1) is 16.2. The molecule has 1 aromatic rings. The zero-order chi connectivity index (χ0) is 16.6. The second-order valence-corrected chi connectivity index (χ2v) is 7.56. The Bertz CT molecular complexity index is 655. The summed E-state index contributed by atoms with van der Waals surface area (Å²) in [5.41, 5.74) is 0.772. The van der Waals surface area contributed by atoms with Gasteiger partial charge in [-0.3, -0.25) is 14.5 Å². The number of carbonyl (C=O) groups is 1. The average molecular weight is 338 g/mol. The first-order valence-electron chi connectivity index (χ1n) is 7.90. The molecule has 23 heavy (non-hydrogen) atoms. The van der Waals surface area contributed by atoms with Crippen LogP contribution in [-0.4, -0.2) is 44.5 Å². The van der Waals surface area contributed by atoms with Gasteiger partial charge in [0.25, 0.3) is 0 Å². The molecule has 0 spiro atoms. The van der Waals surface area contributed by atoms with Crippen LogP contribution in [0.1, 0.15) is 44.1 Å². The highest BCUT2D eigenvalue weighted by atomic mass is 32.2.